The second-order valence-electron chi connectivity index (χ2n) is 2.28. The van der Waals surface area contributed by atoms with Crippen LogP contribution in [0.3, 0.4) is 0 Å². The molecule has 0 nitrogen and oxygen atoms in total. The maximum absolute atomic E-state index is 5.49. The molecule has 0 aliphatic heterocycles. The standard InChI is InChI=1S/C10H13B.C2H6/c1-4-6-9(3)7-8-10(11)5-2;1-2/h4-8H,2H2,1,3H3;1-2H3/b6-4-,9-7-,10-8+;. The lowest BCUT2D eigenvalue weighted by molar-refractivity contribution is 1.50. The zero-order chi connectivity index (χ0) is 10.7. The first-order valence-electron chi connectivity index (χ1n) is 4.60. The van der Waals surface area contributed by atoms with Crippen molar-refractivity contribution in [2.45, 2.75) is 27.7 Å². The van der Waals surface area contributed by atoms with E-state index in [1.807, 2.05) is 52.0 Å². The lowest BCUT2D eigenvalue weighted by atomic mass is 9.95. The van der Waals surface area contributed by atoms with Gasteiger partial charge in [-0.25, -0.2) is 0 Å². The van der Waals surface area contributed by atoms with Gasteiger partial charge in [-0.3, -0.25) is 0 Å². The van der Waals surface area contributed by atoms with Crippen LogP contribution in [0, 0.1) is 0 Å². The largest absolute Gasteiger partial charge is 0.113 e. The highest BCUT2D eigenvalue weighted by Crippen LogP contribution is 1.97. The van der Waals surface area contributed by atoms with E-state index in [9.17, 15) is 0 Å². The van der Waals surface area contributed by atoms with Crippen molar-refractivity contribution in [2.75, 3.05) is 0 Å². The van der Waals surface area contributed by atoms with Crippen LogP contribution in [0.1, 0.15) is 27.7 Å². The zero-order valence-electron chi connectivity index (χ0n) is 9.17. The minimum Gasteiger partial charge on any atom is -0.0997 e. The average Bonchev–Trinajstić information content (AvgIpc) is 2.18. The van der Waals surface area contributed by atoms with Gasteiger partial charge in [0.05, 0.1) is 0 Å². The summed E-state index contributed by atoms with van der Waals surface area (Å²) in [6.07, 6.45) is 9.43. The van der Waals surface area contributed by atoms with Gasteiger partial charge in [-0.15, -0.1) is 0 Å². The Morgan fingerprint density at radius 3 is 2.15 bits per heavy atom. The van der Waals surface area contributed by atoms with Gasteiger partial charge in [0.2, 0.25) is 0 Å². The maximum Gasteiger partial charge on any atom is 0.113 e. The first-order valence-corrected chi connectivity index (χ1v) is 4.60. The van der Waals surface area contributed by atoms with Crippen molar-refractivity contribution in [3.8, 4) is 0 Å². The predicted molar refractivity (Wildman–Crippen MR) is 64.0 cm³/mol. The van der Waals surface area contributed by atoms with Crippen LogP contribution >= 0.6 is 0 Å². The number of allylic oxidation sites excluding steroid dienone is 7. The van der Waals surface area contributed by atoms with Gasteiger partial charge in [0.25, 0.3) is 0 Å². The first-order chi connectivity index (χ1) is 6.20. The van der Waals surface area contributed by atoms with Crippen molar-refractivity contribution in [2.24, 2.45) is 0 Å². The van der Waals surface area contributed by atoms with Crippen molar-refractivity contribution < 1.29 is 0 Å². The van der Waals surface area contributed by atoms with Crippen molar-refractivity contribution in [1.82, 2.24) is 0 Å². The molecule has 0 aromatic heterocycles. The van der Waals surface area contributed by atoms with E-state index in [1.54, 1.807) is 6.08 Å². The van der Waals surface area contributed by atoms with E-state index in [1.165, 1.54) is 5.57 Å². The molecule has 13 heavy (non-hydrogen) atoms. The Morgan fingerprint density at radius 2 is 1.77 bits per heavy atom. The van der Waals surface area contributed by atoms with Gasteiger partial charge in [0.1, 0.15) is 7.85 Å². The van der Waals surface area contributed by atoms with Gasteiger partial charge in [-0.05, 0) is 13.8 Å². The third-order valence-corrected chi connectivity index (χ3v) is 1.20. The summed E-state index contributed by atoms with van der Waals surface area (Å²) in [6.45, 7) is 11.5. The fourth-order valence-electron chi connectivity index (χ4n) is 0.614. The molecule has 0 heterocycles. The summed E-state index contributed by atoms with van der Waals surface area (Å²) in [5.41, 5.74) is 1.87. The van der Waals surface area contributed by atoms with Crippen LogP contribution in [0.5, 0.6) is 0 Å². The number of rotatable bonds is 3. The highest BCUT2D eigenvalue weighted by molar-refractivity contribution is 6.23. The molecule has 70 valence electrons. The summed E-state index contributed by atoms with van der Waals surface area (Å²) in [4.78, 5) is 0. The van der Waals surface area contributed by atoms with Crippen molar-refractivity contribution in [3.05, 3.63) is 48.0 Å². The smallest absolute Gasteiger partial charge is 0.0997 e. The maximum atomic E-state index is 5.49. The van der Waals surface area contributed by atoms with Gasteiger partial charge >= 0.3 is 0 Å². The predicted octanol–water partition coefficient (Wildman–Crippen LogP) is 3.77. The number of hydrogen-bond donors (Lipinski definition) is 0. The van der Waals surface area contributed by atoms with Crippen LogP contribution in [-0.4, -0.2) is 7.85 Å². The van der Waals surface area contributed by atoms with Gasteiger partial charge in [-0.2, -0.15) is 0 Å². The Kier molecular flexibility index (Phi) is 12.3. The summed E-state index contributed by atoms with van der Waals surface area (Å²) < 4.78 is 0. The molecule has 0 aliphatic carbocycles. The first kappa shape index (κ1) is 14.5. The Balaban J connectivity index is 0. The summed E-state index contributed by atoms with van der Waals surface area (Å²) >= 11 is 0. The second-order valence-corrected chi connectivity index (χ2v) is 2.28. The molecule has 0 amide bonds. The van der Waals surface area contributed by atoms with Gasteiger partial charge < -0.3 is 0 Å². The lowest BCUT2D eigenvalue weighted by Gasteiger charge is -1.88. The summed E-state index contributed by atoms with van der Waals surface area (Å²) in [5.74, 6) is 0. The van der Waals surface area contributed by atoms with Crippen LogP contribution in [-0.2, 0) is 0 Å². The molecule has 0 saturated heterocycles. The van der Waals surface area contributed by atoms with Crippen LogP contribution in [0.25, 0.3) is 0 Å². The van der Waals surface area contributed by atoms with Crippen LogP contribution < -0.4 is 0 Å². The summed E-state index contributed by atoms with van der Waals surface area (Å²) in [6, 6.07) is 0. The average molecular weight is 174 g/mol. The van der Waals surface area contributed by atoms with E-state index < -0.39 is 0 Å². The monoisotopic (exact) mass is 174 g/mol. The van der Waals surface area contributed by atoms with E-state index in [2.05, 4.69) is 6.58 Å². The minimum absolute atomic E-state index is 0.689. The molecule has 0 bridgehead atoms. The van der Waals surface area contributed by atoms with Gasteiger partial charge in [-0.1, -0.05) is 61.9 Å². The Morgan fingerprint density at radius 1 is 1.23 bits per heavy atom. The summed E-state index contributed by atoms with van der Waals surface area (Å²) in [5, 5.41) is 0. The Bertz CT molecular complexity index is 207. The topological polar surface area (TPSA) is 0 Å². The summed E-state index contributed by atoms with van der Waals surface area (Å²) in [7, 11) is 5.49. The number of hydrogen-bond acceptors (Lipinski definition) is 0. The minimum atomic E-state index is 0.689. The molecule has 0 spiro atoms. The molecule has 0 aromatic carbocycles. The molecule has 0 unspecified atom stereocenters. The Labute approximate surface area is 84.2 Å². The van der Waals surface area contributed by atoms with Crippen LogP contribution in [0.2, 0.25) is 0 Å². The lowest BCUT2D eigenvalue weighted by Crippen LogP contribution is -1.72. The van der Waals surface area contributed by atoms with Crippen molar-refractivity contribution in [1.29, 1.82) is 0 Å². The highest BCUT2D eigenvalue weighted by Gasteiger charge is 1.77. The van der Waals surface area contributed by atoms with Gasteiger partial charge in [0.15, 0.2) is 0 Å². The third kappa shape index (κ3) is 11.0. The van der Waals surface area contributed by atoms with Gasteiger partial charge in [0, 0.05) is 0 Å². The highest BCUT2D eigenvalue weighted by atomic mass is 13.8. The fraction of sp³-hybridized carbons (Fsp3) is 0.333. The van der Waals surface area contributed by atoms with E-state index in [0.717, 1.165) is 0 Å². The van der Waals surface area contributed by atoms with Crippen LogP contribution in [0.15, 0.2) is 48.0 Å². The third-order valence-electron chi connectivity index (χ3n) is 1.20. The molecule has 0 fully saturated rings. The normalized spacial score (nSPS) is 12.3. The van der Waals surface area contributed by atoms with E-state index in [0.29, 0.717) is 5.47 Å². The molecule has 0 N–H and O–H groups in total. The van der Waals surface area contributed by atoms with E-state index in [-0.39, 0.29) is 0 Å². The SMILES string of the molecule is CC.[B]/C(C=C)=C/C=C(C)\C=C/C. The molecule has 2 radical (unpaired) electrons. The molecule has 0 rings (SSSR count). The molecular formula is C12H19B. The molecule has 0 saturated carbocycles. The quantitative estimate of drug-likeness (QED) is 0.451. The zero-order valence-corrected chi connectivity index (χ0v) is 9.17. The van der Waals surface area contributed by atoms with Crippen LogP contribution in [0.4, 0.5) is 0 Å². The second kappa shape index (κ2) is 11.0. The molecule has 0 aromatic rings. The molecular weight excluding hydrogens is 155 g/mol. The molecule has 0 atom stereocenters. The fourth-order valence-corrected chi connectivity index (χ4v) is 0.614. The molecule has 0 aliphatic rings. The van der Waals surface area contributed by atoms with E-state index >= 15 is 0 Å². The Hall–Kier alpha value is -0.975. The molecule has 1 heteroatoms. The van der Waals surface area contributed by atoms with E-state index in [4.69, 9.17) is 7.85 Å². The van der Waals surface area contributed by atoms with Crippen molar-refractivity contribution in [3.63, 3.8) is 0 Å². The van der Waals surface area contributed by atoms with Crippen molar-refractivity contribution >= 4 is 7.85 Å².